The number of hydrogen-bond acceptors (Lipinski definition) is 7. The predicted molar refractivity (Wildman–Crippen MR) is 107 cm³/mol. The molecule has 0 aliphatic heterocycles. The summed E-state index contributed by atoms with van der Waals surface area (Å²) >= 11 is 7.74. The Morgan fingerprint density at radius 2 is 1.93 bits per heavy atom. The number of aromatic nitrogens is 4. The van der Waals surface area contributed by atoms with Gasteiger partial charge in [-0.3, -0.25) is 9.78 Å². The number of carbonyl (C=O) groups is 1. The smallest absolute Gasteiger partial charge is 0.223 e. The number of amides is 1. The first-order valence-corrected chi connectivity index (χ1v) is 9.45. The maximum absolute atomic E-state index is 11.0. The van der Waals surface area contributed by atoms with Gasteiger partial charge in [-0.15, -0.1) is 11.3 Å². The van der Waals surface area contributed by atoms with Crippen LogP contribution in [0.3, 0.4) is 0 Å². The molecule has 1 amide bonds. The van der Waals surface area contributed by atoms with Gasteiger partial charge in [0, 0.05) is 42.2 Å². The van der Waals surface area contributed by atoms with Gasteiger partial charge in [0.2, 0.25) is 11.9 Å². The van der Waals surface area contributed by atoms with Crippen LogP contribution < -0.4 is 10.6 Å². The first kappa shape index (κ1) is 19.2. The number of hydrogen-bond donors (Lipinski definition) is 2. The largest absolute Gasteiger partial charge is 0.351 e. The third kappa shape index (κ3) is 4.78. The van der Waals surface area contributed by atoms with Crippen molar-refractivity contribution < 1.29 is 4.79 Å². The second-order valence-electron chi connectivity index (χ2n) is 6.42. The molecule has 3 rings (SSSR count). The Kier molecular flexibility index (Phi) is 5.67. The van der Waals surface area contributed by atoms with E-state index < -0.39 is 5.54 Å². The molecule has 2 N–H and O–H groups in total. The summed E-state index contributed by atoms with van der Waals surface area (Å²) in [7, 11) is 0. The van der Waals surface area contributed by atoms with E-state index in [4.69, 9.17) is 11.6 Å². The van der Waals surface area contributed by atoms with Gasteiger partial charge in [-0.2, -0.15) is 0 Å². The van der Waals surface area contributed by atoms with Gasteiger partial charge in [-0.05, 0) is 26.0 Å². The first-order valence-electron chi connectivity index (χ1n) is 8.26. The van der Waals surface area contributed by atoms with Crippen LogP contribution in [0, 0.1) is 0 Å². The van der Waals surface area contributed by atoms with Crippen molar-refractivity contribution in [1.82, 2.24) is 25.3 Å². The molecular weight excluding hydrogens is 384 g/mol. The number of nitrogens with one attached hydrogen (secondary N) is 2. The number of anilines is 1. The van der Waals surface area contributed by atoms with Crippen LogP contribution in [0.1, 0.15) is 31.3 Å². The molecule has 0 unspecified atom stereocenters. The zero-order valence-electron chi connectivity index (χ0n) is 15.2. The Labute approximate surface area is 166 Å². The number of rotatable bonds is 6. The van der Waals surface area contributed by atoms with Gasteiger partial charge >= 0.3 is 0 Å². The number of thiazole rings is 1. The average molecular weight is 403 g/mol. The summed E-state index contributed by atoms with van der Waals surface area (Å²) in [6.45, 7) is 5.88. The van der Waals surface area contributed by atoms with E-state index in [0.29, 0.717) is 17.5 Å². The number of nitrogens with zero attached hydrogens (tertiary/aromatic N) is 4. The second kappa shape index (κ2) is 7.98. The molecule has 0 fully saturated rings. The minimum Gasteiger partial charge on any atom is -0.351 e. The minimum absolute atomic E-state index is 0.0701. The van der Waals surface area contributed by atoms with E-state index >= 15 is 0 Å². The van der Waals surface area contributed by atoms with E-state index in [2.05, 4.69) is 30.6 Å². The summed E-state index contributed by atoms with van der Waals surface area (Å²) in [6, 6.07) is 3.60. The van der Waals surface area contributed by atoms with Crippen molar-refractivity contribution in [3.8, 4) is 10.6 Å². The summed E-state index contributed by atoms with van der Waals surface area (Å²) in [5.41, 5.74) is 1.00. The second-order valence-corrected chi connectivity index (χ2v) is 7.94. The van der Waals surface area contributed by atoms with E-state index in [1.165, 1.54) is 18.3 Å². The molecule has 0 bridgehead atoms. The van der Waals surface area contributed by atoms with Gasteiger partial charge in [-0.25, -0.2) is 15.0 Å². The van der Waals surface area contributed by atoms with Crippen molar-refractivity contribution in [1.29, 1.82) is 0 Å². The van der Waals surface area contributed by atoms with Gasteiger partial charge in [0.15, 0.2) is 0 Å². The summed E-state index contributed by atoms with van der Waals surface area (Å²) in [6.07, 6.45) is 6.88. The highest BCUT2D eigenvalue weighted by Crippen LogP contribution is 2.29. The zero-order valence-corrected chi connectivity index (χ0v) is 16.7. The number of carbonyl (C=O) groups excluding carboxylic acids is 1. The molecule has 0 aromatic carbocycles. The van der Waals surface area contributed by atoms with Gasteiger partial charge in [0.1, 0.15) is 5.01 Å². The summed E-state index contributed by atoms with van der Waals surface area (Å²) < 4.78 is 0. The van der Waals surface area contributed by atoms with Crippen molar-refractivity contribution in [2.24, 2.45) is 0 Å². The molecular formula is C18H19ClN6OS. The van der Waals surface area contributed by atoms with Crippen molar-refractivity contribution in [2.75, 3.05) is 5.32 Å². The molecule has 0 saturated heterocycles. The fourth-order valence-corrected chi connectivity index (χ4v) is 3.61. The lowest BCUT2D eigenvalue weighted by Gasteiger charge is -2.26. The number of halogens is 1. The van der Waals surface area contributed by atoms with Crippen LogP contribution in [0.2, 0.25) is 5.02 Å². The molecule has 27 heavy (non-hydrogen) atoms. The molecule has 0 saturated carbocycles. The quantitative estimate of drug-likeness (QED) is 0.654. The SMILES string of the molecule is CC(=O)NCc1cnc(-c2cnc(NC(C)(C)c3ncccc3Cl)nc2)s1. The molecule has 0 spiro atoms. The van der Waals surface area contributed by atoms with Crippen LogP contribution in [0.4, 0.5) is 5.95 Å². The van der Waals surface area contributed by atoms with Crippen LogP contribution in [0.15, 0.2) is 36.9 Å². The molecule has 0 radical (unpaired) electrons. The van der Waals surface area contributed by atoms with Gasteiger partial charge in [0.05, 0.1) is 22.8 Å². The molecule has 0 aliphatic rings. The number of pyridine rings is 1. The van der Waals surface area contributed by atoms with Gasteiger partial charge in [0.25, 0.3) is 0 Å². The third-order valence-electron chi connectivity index (χ3n) is 3.74. The van der Waals surface area contributed by atoms with Crippen LogP contribution in [0.5, 0.6) is 0 Å². The standard InChI is InChI=1S/C18H19ClN6OS/c1-11(26)21-9-13-10-22-16(27-13)12-7-23-17(24-8-12)25-18(2,3)15-14(19)5-4-6-20-15/h4-8,10H,9H2,1-3H3,(H,21,26)(H,23,24,25). The fraction of sp³-hybridized carbons (Fsp3) is 0.278. The molecule has 7 nitrogen and oxygen atoms in total. The Hall–Kier alpha value is -2.58. The van der Waals surface area contributed by atoms with E-state index in [-0.39, 0.29) is 5.91 Å². The van der Waals surface area contributed by atoms with Crippen molar-refractivity contribution in [3.63, 3.8) is 0 Å². The maximum atomic E-state index is 11.0. The highest BCUT2D eigenvalue weighted by molar-refractivity contribution is 7.15. The maximum Gasteiger partial charge on any atom is 0.223 e. The summed E-state index contributed by atoms with van der Waals surface area (Å²) in [4.78, 5) is 29.5. The fourth-order valence-electron chi connectivity index (χ4n) is 2.42. The van der Waals surface area contributed by atoms with E-state index in [1.807, 2.05) is 13.8 Å². The Morgan fingerprint density at radius 3 is 2.59 bits per heavy atom. The topological polar surface area (TPSA) is 92.7 Å². The Morgan fingerprint density at radius 1 is 1.19 bits per heavy atom. The van der Waals surface area contributed by atoms with E-state index in [1.54, 1.807) is 36.9 Å². The Balaban J connectivity index is 1.72. The molecule has 9 heteroatoms. The van der Waals surface area contributed by atoms with Crippen LogP contribution in [-0.2, 0) is 16.9 Å². The van der Waals surface area contributed by atoms with E-state index in [9.17, 15) is 4.79 Å². The monoisotopic (exact) mass is 402 g/mol. The van der Waals surface area contributed by atoms with Crippen molar-refractivity contribution >= 4 is 34.8 Å². The lowest BCUT2D eigenvalue weighted by molar-refractivity contribution is -0.119. The highest BCUT2D eigenvalue weighted by atomic mass is 35.5. The first-order chi connectivity index (χ1) is 12.8. The van der Waals surface area contributed by atoms with Crippen LogP contribution >= 0.6 is 22.9 Å². The van der Waals surface area contributed by atoms with Crippen molar-refractivity contribution in [3.05, 3.63) is 52.5 Å². The molecule has 3 aromatic rings. The Bertz CT molecular complexity index is 941. The summed E-state index contributed by atoms with van der Waals surface area (Å²) in [5, 5.41) is 7.40. The zero-order chi connectivity index (χ0) is 19.4. The van der Waals surface area contributed by atoms with Crippen LogP contribution in [-0.4, -0.2) is 25.8 Å². The molecule has 0 aliphatic carbocycles. The van der Waals surface area contributed by atoms with Crippen molar-refractivity contribution in [2.45, 2.75) is 32.9 Å². The van der Waals surface area contributed by atoms with Gasteiger partial charge in [-0.1, -0.05) is 11.6 Å². The molecule has 0 atom stereocenters. The highest BCUT2D eigenvalue weighted by Gasteiger charge is 2.25. The van der Waals surface area contributed by atoms with Gasteiger partial charge < -0.3 is 10.6 Å². The molecule has 3 heterocycles. The van der Waals surface area contributed by atoms with E-state index in [0.717, 1.165) is 21.1 Å². The lowest BCUT2D eigenvalue weighted by Crippen LogP contribution is -2.30. The predicted octanol–water partition coefficient (Wildman–Crippen LogP) is 3.63. The minimum atomic E-state index is -0.535. The lowest BCUT2D eigenvalue weighted by atomic mass is 10.00. The summed E-state index contributed by atoms with van der Waals surface area (Å²) in [5.74, 6) is 0.403. The molecule has 3 aromatic heterocycles. The van der Waals surface area contributed by atoms with Crippen LogP contribution in [0.25, 0.3) is 10.6 Å². The normalized spacial score (nSPS) is 11.3. The molecule has 140 valence electrons. The average Bonchev–Trinajstić information content (AvgIpc) is 3.09. The third-order valence-corrected chi connectivity index (χ3v) is 5.09.